The van der Waals surface area contributed by atoms with Gasteiger partial charge in [-0.05, 0) is 50.5 Å². The summed E-state index contributed by atoms with van der Waals surface area (Å²) >= 11 is 0. The van der Waals surface area contributed by atoms with E-state index in [1.165, 1.54) is 0 Å². The minimum absolute atomic E-state index is 0.0559. The summed E-state index contributed by atoms with van der Waals surface area (Å²) in [5.74, 6) is 0.800. The predicted molar refractivity (Wildman–Crippen MR) is 92.5 cm³/mol. The van der Waals surface area contributed by atoms with Crippen molar-refractivity contribution in [1.82, 2.24) is 0 Å². The van der Waals surface area contributed by atoms with Gasteiger partial charge in [-0.3, -0.25) is 4.79 Å². The van der Waals surface area contributed by atoms with E-state index in [1.807, 2.05) is 31.2 Å². The Kier molecular flexibility index (Phi) is 4.62. The molecule has 5 nitrogen and oxygen atoms in total. The van der Waals surface area contributed by atoms with Crippen LogP contribution in [0, 0.1) is 5.92 Å². The monoisotopic (exact) mass is 336 g/mol. The summed E-state index contributed by atoms with van der Waals surface area (Å²) in [5, 5.41) is 2.96. The smallest absolute Gasteiger partial charge is 0.227 e. The molecule has 1 N–H and O–H groups in total. The number of rotatable bonds is 5. The number of amides is 1. The molecule has 1 amide bonds. The molecule has 1 unspecified atom stereocenters. The Balaban J connectivity index is 1.66. The zero-order valence-electron chi connectivity index (χ0n) is 13.5. The van der Waals surface area contributed by atoms with E-state index in [-0.39, 0.29) is 29.4 Å². The van der Waals surface area contributed by atoms with Gasteiger partial charge in [0.1, 0.15) is 0 Å². The number of carbonyl (C=O) groups is 1. The van der Waals surface area contributed by atoms with Crippen molar-refractivity contribution in [2.45, 2.75) is 38.6 Å². The summed E-state index contributed by atoms with van der Waals surface area (Å²) < 4.78 is 23.4. The highest BCUT2D eigenvalue weighted by molar-refractivity contribution is 7.91. The Morgan fingerprint density at radius 1 is 1.22 bits per heavy atom. The number of hydrogen-bond donors (Lipinski definition) is 1. The molecule has 1 aromatic carbocycles. The highest BCUT2D eigenvalue weighted by Crippen LogP contribution is 2.29. The van der Waals surface area contributed by atoms with Gasteiger partial charge >= 0.3 is 0 Å². The second kappa shape index (κ2) is 6.51. The number of hydrogen-bond acceptors (Lipinski definition) is 4. The fourth-order valence-electron chi connectivity index (χ4n) is 3.32. The van der Waals surface area contributed by atoms with Crippen molar-refractivity contribution >= 4 is 27.1 Å². The number of nitrogens with one attached hydrogen (secondary N) is 1. The third-order valence-corrected chi connectivity index (χ3v) is 6.68. The molecule has 2 fully saturated rings. The number of benzene rings is 1. The summed E-state index contributed by atoms with van der Waals surface area (Å²) in [6, 6.07) is 7.78. The van der Waals surface area contributed by atoms with Crippen molar-refractivity contribution in [3.8, 4) is 0 Å². The molecule has 1 saturated heterocycles. The van der Waals surface area contributed by atoms with Gasteiger partial charge in [0.15, 0.2) is 9.84 Å². The van der Waals surface area contributed by atoms with Crippen LogP contribution in [0.4, 0.5) is 11.4 Å². The van der Waals surface area contributed by atoms with Gasteiger partial charge in [-0.15, -0.1) is 0 Å². The first-order valence-electron chi connectivity index (χ1n) is 8.36. The van der Waals surface area contributed by atoms with Crippen molar-refractivity contribution < 1.29 is 13.2 Å². The highest BCUT2D eigenvalue weighted by Gasteiger charge is 2.31. The minimum Gasteiger partial charge on any atom is -0.368 e. The van der Waals surface area contributed by atoms with Gasteiger partial charge in [0.25, 0.3) is 0 Å². The van der Waals surface area contributed by atoms with E-state index < -0.39 is 9.84 Å². The Labute approximate surface area is 138 Å². The lowest BCUT2D eigenvalue weighted by Crippen LogP contribution is -2.36. The first-order valence-corrected chi connectivity index (χ1v) is 10.2. The molecule has 0 radical (unpaired) electrons. The van der Waals surface area contributed by atoms with Crippen LogP contribution in [0.2, 0.25) is 0 Å². The minimum atomic E-state index is -2.89. The zero-order chi connectivity index (χ0) is 16.4. The molecule has 1 atom stereocenters. The lowest BCUT2D eigenvalue weighted by molar-refractivity contribution is -0.122. The molecule has 1 aromatic rings. The maximum absolute atomic E-state index is 12.0. The fraction of sp³-hybridized carbons (Fsp3) is 0.588. The molecular weight excluding hydrogens is 312 g/mol. The van der Waals surface area contributed by atoms with Gasteiger partial charge in [0.05, 0.1) is 11.5 Å². The van der Waals surface area contributed by atoms with E-state index >= 15 is 0 Å². The molecule has 1 heterocycles. The SMILES string of the molecule is CCN(c1ccc(NC(=O)C2CCC2)cc1)C1CCS(=O)(=O)C1. The average molecular weight is 336 g/mol. The molecule has 0 aromatic heterocycles. The van der Waals surface area contributed by atoms with E-state index in [0.717, 1.165) is 37.2 Å². The van der Waals surface area contributed by atoms with Crippen LogP contribution in [0.25, 0.3) is 0 Å². The van der Waals surface area contributed by atoms with Crippen molar-refractivity contribution in [2.75, 3.05) is 28.3 Å². The van der Waals surface area contributed by atoms with E-state index in [1.54, 1.807) is 0 Å². The summed E-state index contributed by atoms with van der Waals surface area (Å²) in [5.41, 5.74) is 1.82. The van der Waals surface area contributed by atoms with Crippen molar-refractivity contribution in [3.05, 3.63) is 24.3 Å². The molecule has 1 aliphatic carbocycles. The average Bonchev–Trinajstić information content (AvgIpc) is 2.79. The lowest BCUT2D eigenvalue weighted by Gasteiger charge is -2.29. The maximum Gasteiger partial charge on any atom is 0.227 e. The molecule has 23 heavy (non-hydrogen) atoms. The van der Waals surface area contributed by atoms with E-state index in [9.17, 15) is 13.2 Å². The van der Waals surface area contributed by atoms with Crippen LogP contribution in [0.1, 0.15) is 32.6 Å². The second-order valence-corrected chi connectivity index (χ2v) is 8.74. The second-order valence-electron chi connectivity index (χ2n) is 6.51. The summed E-state index contributed by atoms with van der Waals surface area (Å²) in [6.45, 7) is 2.81. The molecule has 0 bridgehead atoms. The standard InChI is InChI=1S/C17H24N2O3S/c1-2-19(16-10-11-23(21,22)12-16)15-8-6-14(7-9-15)18-17(20)13-4-3-5-13/h6-9,13,16H,2-5,10-12H2,1H3,(H,18,20). The first-order chi connectivity index (χ1) is 11.0. The van der Waals surface area contributed by atoms with Gasteiger partial charge in [-0.2, -0.15) is 0 Å². The molecular formula is C17H24N2O3S. The highest BCUT2D eigenvalue weighted by atomic mass is 32.2. The number of anilines is 2. The zero-order valence-corrected chi connectivity index (χ0v) is 14.3. The molecule has 6 heteroatoms. The largest absolute Gasteiger partial charge is 0.368 e. The Bertz CT molecular complexity index is 666. The Morgan fingerprint density at radius 3 is 2.39 bits per heavy atom. The van der Waals surface area contributed by atoms with Crippen molar-refractivity contribution in [1.29, 1.82) is 0 Å². The molecule has 1 aliphatic heterocycles. The van der Waals surface area contributed by atoms with Crippen LogP contribution in [0.15, 0.2) is 24.3 Å². The number of nitrogens with zero attached hydrogens (tertiary/aromatic N) is 1. The molecule has 3 rings (SSSR count). The Hall–Kier alpha value is -1.56. The Morgan fingerprint density at radius 2 is 1.91 bits per heavy atom. The first kappa shape index (κ1) is 16.3. The van der Waals surface area contributed by atoms with E-state index in [4.69, 9.17) is 0 Å². The van der Waals surface area contributed by atoms with E-state index in [0.29, 0.717) is 6.42 Å². The quantitative estimate of drug-likeness (QED) is 0.897. The topological polar surface area (TPSA) is 66.5 Å². The summed E-state index contributed by atoms with van der Waals surface area (Å²) in [6.07, 6.45) is 3.82. The van der Waals surface area contributed by atoms with Gasteiger partial charge < -0.3 is 10.2 Å². The third kappa shape index (κ3) is 3.68. The number of carbonyl (C=O) groups excluding carboxylic acids is 1. The molecule has 2 aliphatic rings. The van der Waals surface area contributed by atoms with E-state index in [2.05, 4.69) is 10.2 Å². The van der Waals surface area contributed by atoms with Crippen molar-refractivity contribution in [3.63, 3.8) is 0 Å². The van der Waals surface area contributed by atoms with Crippen LogP contribution in [0.5, 0.6) is 0 Å². The number of sulfone groups is 1. The molecule has 0 spiro atoms. The summed E-state index contributed by atoms with van der Waals surface area (Å²) in [7, 11) is -2.89. The van der Waals surface area contributed by atoms with Crippen LogP contribution in [0.3, 0.4) is 0 Å². The van der Waals surface area contributed by atoms with Crippen LogP contribution in [-0.4, -0.2) is 38.4 Å². The van der Waals surface area contributed by atoms with Crippen molar-refractivity contribution in [2.24, 2.45) is 5.92 Å². The molecule has 1 saturated carbocycles. The summed E-state index contributed by atoms with van der Waals surface area (Å²) in [4.78, 5) is 14.1. The predicted octanol–water partition coefficient (Wildman–Crippen LogP) is 2.44. The van der Waals surface area contributed by atoms with Gasteiger partial charge in [-0.1, -0.05) is 6.42 Å². The van der Waals surface area contributed by atoms with Gasteiger partial charge in [0.2, 0.25) is 5.91 Å². The fourth-order valence-corrected chi connectivity index (χ4v) is 5.05. The lowest BCUT2D eigenvalue weighted by atomic mass is 9.85. The van der Waals surface area contributed by atoms with Gasteiger partial charge in [0, 0.05) is 29.9 Å². The normalized spacial score (nSPS) is 23.3. The third-order valence-electron chi connectivity index (χ3n) is 4.93. The van der Waals surface area contributed by atoms with Gasteiger partial charge in [-0.25, -0.2) is 8.42 Å². The maximum atomic E-state index is 12.0. The molecule has 126 valence electrons. The van der Waals surface area contributed by atoms with Crippen LogP contribution < -0.4 is 10.2 Å². The van der Waals surface area contributed by atoms with Crippen LogP contribution >= 0.6 is 0 Å². The van der Waals surface area contributed by atoms with Crippen LogP contribution in [-0.2, 0) is 14.6 Å².